The van der Waals surface area contributed by atoms with Gasteiger partial charge in [0.1, 0.15) is 0 Å². The van der Waals surface area contributed by atoms with Crippen molar-refractivity contribution >= 4 is 46.8 Å². The number of nitrogens with zero attached hydrogens (tertiary/aromatic N) is 1. The quantitative estimate of drug-likeness (QED) is 0.786. The van der Waals surface area contributed by atoms with Gasteiger partial charge in [-0.3, -0.25) is 9.59 Å². The fraction of sp³-hybridized carbons (Fsp3) is 0.529. The molecule has 1 saturated heterocycles. The van der Waals surface area contributed by atoms with E-state index in [9.17, 15) is 9.59 Å². The van der Waals surface area contributed by atoms with Crippen molar-refractivity contribution in [2.45, 2.75) is 36.3 Å². The van der Waals surface area contributed by atoms with Crippen LogP contribution in [0.2, 0.25) is 10.0 Å². The number of aliphatic carboxylic acids is 1. The van der Waals surface area contributed by atoms with Gasteiger partial charge in [-0.15, -0.1) is 11.8 Å². The zero-order valence-electron chi connectivity index (χ0n) is 13.3. The van der Waals surface area contributed by atoms with E-state index in [2.05, 4.69) is 0 Å². The first-order valence-corrected chi connectivity index (χ1v) is 9.59. The van der Waals surface area contributed by atoms with E-state index in [0.717, 1.165) is 24.2 Å². The number of likely N-dealkylation sites (tertiary alicyclic amines) is 1. The molecule has 24 heavy (non-hydrogen) atoms. The molecule has 2 atom stereocenters. The molecule has 4 nitrogen and oxygen atoms in total. The summed E-state index contributed by atoms with van der Waals surface area (Å²) < 4.78 is 0. The largest absolute Gasteiger partial charge is 0.481 e. The summed E-state index contributed by atoms with van der Waals surface area (Å²) in [5.74, 6) is -0.848. The van der Waals surface area contributed by atoms with Gasteiger partial charge < -0.3 is 10.0 Å². The topological polar surface area (TPSA) is 57.6 Å². The third-order valence-corrected chi connectivity index (χ3v) is 6.93. The zero-order chi connectivity index (χ0) is 17.5. The van der Waals surface area contributed by atoms with Crippen LogP contribution in [0.5, 0.6) is 0 Å². The Morgan fingerprint density at radius 1 is 1.33 bits per heavy atom. The SMILES string of the molecule is CC(Sc1cc(Cl)ccc1Cl)C(=O)N1CCC2(CC1)CC2C(=O)O. The van der Waals surface area contributed by atoms with Crippen LogP contribution in [0.25, 0.3) is 0 Å². The molecule has 2 aliphatic rings. The predicted molar refractivity (Wildman–Crippen MR) is 95.8 cm³/mol. The van der Waals surface area contributed by atoms with Crippen molar-refractivity contribution in [3.05, 3.63) is 28.2 Å². The van der Waals surface area contributed by atoms with Gasteiger partial charge in [-0.2, -0.15) is 0 Å². The first-order chi connectivity index (χ1) is 11.3. The summed E-state index contributed by atoms with van der Waals surface area (Å²) >= 11 is 13.6. The molecule has 1 aromatic rings. The van der Waals surface area contributed by atoms with Gasteiger partial charge in [0.15, 0.2) is 0 Å². The third kappa shape index (κ3) is 3.53. The highest BCUT2D eigenvalue weighted by atomic mass is 35.5. The number of hydrogen-bond acceptors (Lipinski definition) is 3. The molecular weight excluding hydrogens is 369 g/mol. The lowest BCUT2D eigenvalue weighted by molar-refractivity contribution is -0.139. The van der Waals surface area contributed by atoms with E-state index in [1.165, 1.54) is 11.8 Å². The smallest absolute Gasteiger partial charge is 0.307 e. The maximum absolute atomic E-state index is 12.7. The van der Waals surface area contributed by atoms with Crippen LogP contribution in [0.3, 0.4) is 0 Å². The van der Waals surface area contributed by atoms with Gasteiger partial charge in [-0.25, -0.2) is 0 Å². The average Bonchev–Trinajstić information content (AvgIpc) is 3.25. The summed E-state index contributed by atoms with van der Waals surface area (Å²) in [4.78, 5) is 26.4. The second-order valence-electron chi connectivity index (χ2n) is 6.62. The maximum atomic E-state index is 12.7. The number of carboxylic acids is 1. The van der Waals surface area contributed by atoms with Crippen molar-refractivity contribution in [2.75, 3.05) is 13.1 Å². The van der Waals surface area contributed by atoms with Crippen LogP contribution in [-0.4, -0.2) is 40.2 Å². The van der Waals surface area contributed by atoms with Crippen LogP contribution in [0.1, 0.15) is 26.2 Å². The minimum atomic E-state index is -0.700. The molecular formula is C17H19Cl2NO3S. The summed E-state index contributed by atoms with van der Waals surface area (Å²) in [6.07, 6.45) is 2.32. The Kier molecular flexibility index (Phi) is 5.05. The molecule has 2 fully saturated rings. The van der Waals surface area contributed by atoms with E-state index >= 15 is 0 Å². The van der Waals surface area contributed by atoms with Crippen LogP contribution < -0.4 is 0 Å². The van der Waals surface area contributed by atoms with E-state index in [-0.39, 0.29) is 22.5 Å². The summed E-state index contributed by atoms with van der Waals surface area (Å²) in [6.45, 7) is 3.14. The summed E-state index contributed by atoms with van der Waals surface area (Å²) in [5, 5.41) is 10.1. The van der Waals surface area contributed by atoms with Crippen molar-refractivity contribution in [1.29, 1.82) is 0 Å². The number of carbonyl (C=O) groups is 2. The molecule has 7 heteroatoms. The van der Waals surface area contributed by atoms with E-state index < -0.39 is 5.97 Å². The molecule has 1 aliphatic carbocycles. The van der Waals surface area contributed by atoms with Crippen molar-refractivity contribution in [3.63, 3.8) is 0 Å². The molecule has 1 aliphatic heterocycles. The lowest BCUT2D eigenvalue weighted by atomic mass is 9.90. The highest BCUT2D eigenvalue weighted by Gasteiger charge is 2.59. The predicted octanol–water partition coefficient (Wildman–Crippen LogP) is 4.19. The monoisotopic (exact) mass is 387 g/mol. The molecule has 1 spiro atoms. The van der Waals surface area contributed by atoms with Gasteiger partial charge in [-0.1, -0.05) is 23.2 Å². The van der Waals surface area contributed by atoms with Gasteiger partial charge in [-0.05, 0) is 49.8 Å². The number of carbonyl (C=O) groups excluding carboxylic acids is 1. The Labute approximate surface area is 155 Å². The molecule has 3 rings (SSSR count). The zero-order valence-corrected chi connectivity index (χ0v) is 15.6. The number of hydrogen-bond donors (Lipinski definition) is 1. The molecule has 0 aromatic heterocycles. The van der Waals surface area contributed by atoms with Crippen LogP contribution in [0.15, 0.2) is 23.1 Å². The fourth-order valence-corrected chi connectivity index (χ4v) is 4.98. The van der Waals surface area contributed by atoms with Gasteiger partial charge in [0.2, 0.25) is 5.91 Å². The molecule has 2 unspecified atom stereocenters. The van der Waals surface area contributed by atoms with E-state index in [4.69, 9.17) is 28.3 Å². The number of thioether (sulfide) groups is 1. The second kappa shape index (κ2) is 6.77. The molecule has 1 heterocycles. The Balaban J connectivity index is 1.57. The number of amides is 1. The molecule has 1 N–H and O–H groups in total. The number of rotatable bonds is 4. The normalized spacial score (nSPS) is 23.1. The van der Waals surface area contributed by atoms with E-state index in [1.54, 1.807) is 18.2 Å². The number of halogens is 2. The molecule has 0 bridgehead atoms. The first-order valence-electron chi connectivity index (χ1n) is 7.96. The van der Waals surface area contributed by atoms with E-state index in [0.29, 0.717) is 23.1 Å². The Morgan fingerprint density at radius 3 is 2.58 bits per heavy atom. The number of benzene rings is 1. The summed E-state index contributed by atoms with van der Waals surface area (Å²) in [6, 6.07) is 5.22. The molecule has 1 saturated carbocycles. The lowest BCUT2D eigenvalue weighted by Gasteiger charge is -2.34. The highest BCUT2D eigenvalue weighted by Crippen LogP contribution is 2.59. The van der Waals surface area contributed by atoms with Crippen LogP contribution in [0.4, 0.5) is 0 Å². The standard InChI is InChI=1S/C17H19Cl2NO3S/c1-10(24-14-8-11(18)2-3-13(14)19)15(21)20-6-4-17(5-7-20)9-12(17)16(22)23/h2-3,8,10,12H,4-7,9H2,1H3,(H,22,23). The molecule has 130 valence electrons. The van der Waals surface area contributed by atoms with Crippen molar-refractivity contribution < 1.29 is 14.7 Å². The third-order valence-electron chi connectivity index (χ3n) is 5.10. The van der Waals surface area contributed by atoms with E-state index in [1.807, 2.05) is 11.8 Å². The van der Waals surface area contributed by atoms with Gasteiger partial charge in [0, 0.05) is 23.0 Å². The first kappa shape index (κ1) is 17.9. The van der Waals surface area contributed by atoms with Crippen molar-refractivity contribution in [1.82, 2.24) is 4.90 Å². The minimum Gasteiger partial charge on any atom is -0.481 e. The summed E-state index contributed by atoms with van der Waals surface area (Å²) in [7, 11) is 0. The summed E-state index contributed by atoms with van der Waals surface area (Å²) in [5.41, 5.74) is -0.0603. The van der Waals surface area contributed by atoms with Crippen LogP contribution in [0, 0.1) is 11.3 Å². The fourth-order valence-electron chi connectivity index (χ4n) is 3.49. The Hall–Kier alpha value is -0.910. The van der Waals surface area contributed by atoms with Crippen LogP contribution >= 0.6 is 35.0 Å². The number of piperidine rings is 1. The Bertz CT molecular complexity index is 674. The van der Waals surface area contributed by atoms with Gasteiger partial charge in [0.25, 0.3) is 0 Å². The lowest BCUT2D eigenvalue weighted by Crippen LogP contribution is -2.43. The maximum Gasteiger partial charge on any atom is 0.307 e. The minimum absolute atomic E-state index is 0.0603. The Morgan fingerprint density at radius 2 is 2.00 bits per heavy atom. The van der Waals surface area contributed by atoms with Gasteiger partial charge in [0.05, 0.1) is 16.2 Å². The average molecular weight is 388 g/mol. The second-order valence-corrected chi connectivity index (χ2v) is 8.84. The highest BCUT2D eigenvalue weighted by molar-refractivity contribution is 8.00. The van der Waals surface area contributed by atoms with Gasteiger partial charge >= 0.3 is 5.97 Å². The molecule has 1 aromatic carbocycles. The van der Waals surface area contributed by atoms with Crippen molar-refractivity contribution in [3.8, 4) is 0 Å². The molecule has 1 amide bonds. The molecule has 0 radical (unpaired) electrons. The van der Waals surface area contributed by atoms with Crippen LogP contribution in [-0.2, 0) is 9.59 Å². The number of carboxylic acid groups (broad SMARTS) is 1. The van der Waals surface area contributed by atoms with Crippen molar-refractivity contribution in [2.24, 2.45) is 11.3 Å².